The number of rotatable bonds is 6. The lowest BCUT2D eigenvalue weighted by atomic mass is 10.1. The molecule has 0 heterocycles. The van der Waals surface area contributed by atoms with Gasteiger partial charge in [-0.15, -0.1) is 0 Å². The van der Waals surface area contributed by atoms with Crippen LogP contribution in [0.1, 0.15) is 18.5 Å². The molecular formula is C12H18FNO2. The highest BCUT2D eigenvalue weighted by Gasteiger charge is 2.12. The van der Waals surface area contributed by atoms with Crippen molar-refractivity contribution in [3.05, 3.63) is 35.6 Å². The average molecular weight is 227 g/mol. The Morgan fingerprint density at radius 2 is 2.00 bits per heavy atom. The highest BCUT2D eigenvalue weighted by molar-refractivity contribution is 5.19. The van der Waals surface area contributed by atoms with E-state index in [0.29, 0.717) is 6.61 Å². The van der Waals surface area contributed by atoms with Crippen LogP contribution in [-0.4, -0.2) is 31.5 Å². The molecule has 0 aliphatic rings. The molecule has 0 saturated heterocycles. The molecule has 0 saturated carbocycles. The molecule has 0 fully saturated rings. The molecule has 0 aliphatic carbocycles. The van der Waals surface area contributed by atoms with Gasteiger partial charge in [0, 0.05) is 13.2 Å². The summed E-state index contributed by atoms with van der Waals surface area (Å²) < 4.78 is 17.7. The maximum Gasteiger partial charge on any atom is 0.123 e. The Labute approximate surface area is 95.2 Å². The quantitative estimate of drug-likeness (QED) is 0.773. The zero-order chi connectivity index (χ0) is 12.0. The predicted octanol–water partition coefficient (Wildman–Crippen LogP) is 1.48. The molecule has 0 aromatic heterocycles. The third-order valence-electron chi connectivity index (χ3n) is 2.44. The maximum absolute atomic E-state index is 12.7. The van der Waals surface area contributed by atoms with Gasteiger partial charge in [0.15, 0.2) is 0 Å². The van der Waals surface area contributed by atoms with Crippen molar-refractivity contribution < 1.29 is 14.2 Å². The van der Waals surface area contributed by atoms with Crippen LogP contribution in [0.4, 0.5) is 4.39 Å². The van der Waals surface area contributed by atoms with Crippen LogP contribution in [0.25, 0.3) is 0 Å². The number of hydrogen-bond donors (Lipinski definition) is 2. The van der Waals surface area contributed by atoms with Gasteiger partial charge >= 0.3 is 0 Å². The summed E-state index contributed by atoms with van der Waals surface area (Å²) in [6.07, 6.45) is 0. The van der Waals surface area contributed by atoms with E-state index < -0.39 is 0 Å². The van der Waals surface area contributed by atoms with Crippen molar-refractivity contribution in [3.8, 4) is 0 Å². The molecule has 1 aromatic carbocycles. The molecule has 1 aromatic rings. The Bertz CT molecular complexity index is 302. The monoisotopic (exact) mass is 227 g/mol. The standard InChI is InChI=1S/C12H18FNO2/c1-9(14-12(7-15)8-16-2)10-3-5-11(13)6-4-10/h3-6,9,12,14-15H,7-8H2,1-2H3. The number of aliphatic hydroxyl groups excluding tert-OH is 1. The first-order valence-corrected chi connectivity index (χ1v) is 5.28. The Morgan fingerprint density at radius 1 is 1.38 bits per heavy atom. The Hall–Kier alpha value is -0.970. The van der Waals surface area contributed by atoms with Crippen LogP contribution in [0.5, 0.6) is 0 Å². The van der Waals surface area contributed by atoms with Gasteiger partial charge < -0.3 is 15.2 Å². The third kappa shape index (κ3) is 3.89. The lowest BCUT2D eigenvalue weighted by Gasteiger charge is -2.21. The lowest BCUT2D eigenvalue weighted by Crippen LogP contribution is -2.38. The minimum absolute atomic E-state index is 0.0133. The first-order chi connectivity index (χ1) is 7.67. The molecule has 0 bridgehead atoms. The first-order valence-electron chi connectivity index (χ1n) is 5.28. The van der Waals surface area contributed by atoms with Crippen molar-refractivity contribution in [2.75, 3.05) is 20.3 Å². The van der Waals surface area contributed by atoms with E-state index >= 15 is 0 Å². The van der Waals surface area contributed by atoms with E-state index in [1.54, 1.807) is 19.2 Å². The summed E-state index contributed by atoms with van der Waals surface area (Å²) in [5, 5.41) is 12.3. The molecule has 2 N–H and O–H groups in total. The van der Waals surface area contributed by atoms with Crippen LogP contribution in [0.15, 0.2) is 24.3 Å². The summed E-state index contributed by atoms with van der Waals surface area (Å²) >= 11 is 0. The van der Waals surface area contributed by atoms with Crippen LogP contribution in [0.3, 0.4) is 0 Å². The van der Waals surface area contributed by atoms with Gasteiger partial charge in [-0.3, -0.25) is 0 Å². The summed E-state index contributed by atoms with van der Waals surface area (Å²) in [6.45, 7) is 2.42. The summed E-state index contributed by atoms with van der Waals surface area (Å²) in [6, 6.07) is 6.26. The van der Waals surface area contributed by atoms with Crippen LogP contribution < -0.4 is 5.32 Å². The summed E-state index contributed by atoms with van der Waals surface area (Å²) in [7, 11) is 1.59. The molecule has 2 unspecified atom stereocenters. The molecule has 0 amide bonds. The molecule has 3 nitrogen and oxygen atoms in total. The Kier molecular flexibility index (Phi) is 5.38. The van der Waals surface area contributed by atoms with Gasteiger partial charge in [-0.2, -0.15) is 0 Å². The molecule has 4 heteroatoms. The van der Waals surface area contributed by atoms with Gasteiger partial charge in [0.25, 0.3) is 0 Å². The number of ether oxygens (including phenoxy) is 1. The number of benzene rings is 1. The average Bonchev–Trinajstić information content (AvgIpc) is 2.29. The van der Waals surface area contributed by atoms with Crippen LogP contribution in [0, 0.1) is 5.82 Å². The largest absolute Gasteiger partial charge is 0.395 e. The molecule has 90 valence electrons. The topological polar surface area (TPSA) is 41.5 Å². The summed E-state index contributed by atoms with van der Waals surface area (Å²) in [5.41, 5.74) is 0.982. The van der Waals surface area contributed by atoms with E-state index in [4.69, 9.17) is 9.84 Å². The molecule has 2 atom stereocenters. The number of methoxy groups -OCH3 is 1. The fraction of sp³-hybridized carbons (Fsp3) is 0.500. The van der Waals surface area contributed by atoms with Crippen LogP contribution in [-0.2, 0) is 4.74 Å². The fourth-order valence-electron chi connectivity index (χ4n) is 1.56. The highest BCUT2D eigenvalue weighted by Crippen LogP contribution is 2.13. The Morgan fingerprint density at radius 3 is 2.50 bits per heavy atom. The second-order valence-corrected chi connectivity index (χ2v) is 3.77. The number of aliphatic hydroxyl groups is 1. The third-order valence-corrected chi connectivity index (χ3v) is 2.44. The second kappa shape index (κ2) is 6.58. The van der Waals surface area contributed by atoms with E-state index in [1.807, 2.05) is 6.92 Å². The van der Waals surface area contributed by atoms with Crippen molar-refractivity contribution in [2.45, 2.75) is 19.0 Å². The lowest BCUT2D eigenvalue weighted by molar-refractivity contribution is 0.123. The zero-order valence-corrected chi connectivity index (χ0v) is 9.61. The summed E-state index contributed by atoms with van der Waals surface area (Å²) in [4.78, 5) is 0. The molecule has 0 radical (unpaired) electrons. The van der Waals surface area contributed by atoms with E-state index in [2.05, 4.69) is 5.32 Å². The summed E-state index contributed by atoms with van der Waals surface area (Å²) in [5.74, 6) is -0.244. The van der Waals surface area contributed by atoms with Crippen LogP contribution in [0.2, 0.25) is 0 Å². The van der Waals surface area contributed by atoms with E-state index in [1.165, 1.54) is 12.1 Å². The van der Waals surface area contributed by atoms with Gasteiger partial charge in [-0.05, 0) is 24.6 Å². The Balaban J connectivity index is 2.56. The minimum Gasteiger partial charge on any atom is -0.395 e. The number of nitrogens with one attached hydrogen (secondary N) is 1. The van der Waals surface area contributed by atoms with Gasteiger partial charge in [-0.25, -0.2) is 4.39 Å². The van der Waals surface area contributed by atoms with Gasteiger partial charge in [-0.1, -0.05) is 12.1 Å². The van der Waals surface area contributed by atoms with E-state index in [0.717, 1.165) is 5.56 Å². The number of halogens is 1. The highest BCUT2D eigenvalue weighted by atomic mass is 19.1. The molecule has 0 aliphatic heterocycles. The fourth-order valence-corrected chi connectivity index (χ4v) is 1.56. The minimum atomic E-state index is -0.244. The van der Waals surface area contributed by atoms with Gasteiger partial charge in [0.1, 0.15) is 5.82 Å². The maximum atomic E-state index is 12.7. The van der Waals surface area contributed by atoms with Crippen molar-refractivity contribution in [1.29, 1.82) is 0 Å². The van der Waals surface area contributed by atoms with Gasteiger partial charge in [0.05, 0.1) is 19.3 Å². The van der Waals surface area contributed by atoms with Crippen molar-refractivity contribution in [1.82, 2.24) is 5.32 Å². The molecule has 16 heavy (non-hydrogen) atoms. The van der Waals surface area contributed by atoms with E-state index in [9.17, 15) is 4.39 Å². The zero-order valence-electron chi connectivity index (χ0n) is 9.61. The predicted molar refractivity (Wildman–Crippen MR) is 60.7 cm³/mol. The molecular weight excluding hydrogens is 209 g/mol. The van der Waals surface area contributed by atoms with E-state index in [-0.39, 0.29) is 24.5 Å². The smallest absolute Gasteiger partial charge is 0.123 e. The van der Waals surface area contributed by atoms with Crippen molar-refractivity contribution in [2.24, 2.45) is 0 Å². The second-order valence-electron chi connectivity index (χ2n) is 3.77. The SMILES string of the molecule is COCC(CO)NC(C)c1ccc(F)cc1. The molecule has 0 spiro atoms. The first kappa shape index (κ1) is 13.1. The van der Waals surface area contributed by atoms with Crippen LogP contribution >= 0.6 is 0 Å². The van der Waals surface area contributed by atoms with Crippen molar-refractivity contribution >= 4 is 0 Å². The molecule has 1 rings (SSSR count). The van der Waals surface area contributed by atoms with Gasteiger partial charge in [0.2, 0.25) is 0 Å². The number of hydrogen-bond acceptors (Lipinski definition) is 3. The normalized spacial score (nSPS) is 14.8. The van der Waals surface area contributed by atoms with Crippen molar-refractivity contribution in [3.63, 3.8) is 0 Å².